The van der Waals surface area contributed by atoms with Crippen molar-refractivity contribution in [3.05, 3.63) is 18.4 Å². The van der Waals surface area contributed by atoms with Gasteiger partial charge in [0.25, 0.3) is 0 Å². The summed E-state index contributed by atoms with van der Waals surface area (Å²) in [7, 11) is 0. The number of anilines is 1. The molecule has 1 rings (SSSR count). The topological polar surface area (TPSA) is 70.8 Å². The summed E-state index contributed by atoms with van der Waals surface area (Å²) in [5.74, 6) is -1.16. The average Bonchev–Trinajstić information content (AvgIpc) is 2.76. The van der Waals surface area contributed by atoms with E-state index in [0.29, 0.717) is 5.75 Å². The van der Waals surface area contributed by atoms with Crippen LogP contribution in [0.4, 0.5) is 5.88 Å². The van der Waals surface area contributed by atoms with Gasteiger partial charge in [0.1, 0.15) is 6.54 Å². The van der Waals surface area contributed by atoms with E-state index < -0.39 is 12.5 Å². The number of hydrogen-bond donors (Lipinski definition) is 2. The number of aliphatic carboxylic acids is 1. The molecule has 0 aromatic carbocycles. The lowest BCUT2D eigenvalue weighted by atomic mass is 10.2. The monoisotopic (exact) mass is 243 g/mol. The van der Waals surface area contributed by atoms with Crippen molar-refractivity contribution in [3.8, 4) is 0 Å². The molecule has 0 saturated heterocycles. The van der Waals surface area contributed by atoms with Crippen LogP contribution in [0, 0.1) is 5.92 Å². The summed E-state index contributed by atoms with van der Waals surface area (Å²) in [6, 6.07) is 3.15. The lowest BCUT2D eigenvalue weighted by Crippen LogP contribution is -2.39. The Hall–Kier alpha value is -1.43. The molecule has 1 aromatic heterocycles. The average molecular weight is 243 g/mol. The summed E-state index contributed by atoms with van der Waals surface area (Å²) in [5.41, 5.74) is 0. The fourth-order valence-corrected chi connectivity index (χ4v) is 1.32. The van der Waals surface area contributed by atoms with E-state index in [-0.39, 0.29) is 17.7 Å². The highest BCUT2D eigenvalue weighted by molar-refractivity contribution is 7.80. The number of carboxylic acids is 1. The lowest BCUT2D eigenvalue weighted by Gasteiger charge is -2.20. The molecule has 1 amide bonds. The zero-order valence-electron chi connectivity index (χ0n) is 8.79. The van der Waals surface area contributed by atoms with Gasteiger partial charge in [-0.25, -0.2) is 0 Å². The molecular weight excluding hydrogens is 230 g/mol. The second kappa shape index (κ2) is 5.60. The highest BCUT2D eigenvalue weighted by atomic mass is 32.1. The first-order chi connectivity index (χ1) is 7.56. The smallest absolute Gasteiger partial charge is 0.323 e. The van der Waals surface area contributed by atoms with Crippen LogP contribution in [0.5, 0.6) is 0 Å². The van der Waals surface area contributed by atoms with Gasteiger partial charge in [-0.2, -0.15) is 12.6 Å². The number of carbonyl (C=O) groups excluding carboxylic acids is 1. The minimum Gasteiger partial charge on any atom is -0.480 e. The van der Waals surface area contributed by atoms with E-state index in [2.05, 4.69) is 12.6 Å². The van der Waals surface area contributed by atoms with E-state index in [4.69, 9.17) is 9.52 Å². The fraction of sp³-hybridized carbons (Fsp3) is 0.400. The summed E-state index contributed by atoms with van der Waals surface area (Å²) in [6.45, 7) is 1.28. The number of carboxylic acid groups (broad SMARTS) is 1. The molecule has 0 aliphatic heterocycles. The highest BCUT2D eigenvalue weighted by Crippen LogP contribution is 2.17. The molecule has 0 aliphatic rings. The molecule has 0 radical (unpaired) electrons. The lowest BCUT2D eigenvalue weighted by molar-refractivity contribution is -0.137. The van der Waals surface area contributed by atoms with Crippen molar-refractivity contribution in [1.82, 2.24) is 0 Å². The second-order valence-electron chi connectivity index (χ2n) is 3.35. The van der Waals surface area contributed by atoms with Crippen molar-refractivity contribution < 1.29 is 19.1 Å². The molecule has 1 atom stereocenters. The highest BCUT2D eigenvalue weighted by Gasteiger charge is 2.24. The molecule has 16 heavy (non-hydrogen) atoms. The van der Waals surface area contributed by atoms with E-state index in [1.807, 2.05) is 0 Å². The Morgan fingerprint density at radius 2 is 2.31 bits per heavy atom. The summed E-state index contributed by atoms with van der Waals surface area (Å²) in [6.07, 6.45) is 1.39. The Labute approximate surface area is 98.4 Å². The van der Waals surface area contributed by atoms with E-state index in [9.17, 15) is 9.59 Å². The summed E-state index contributed by atoms with van der Waals surface area (Å²) in [5, 5.41) is 8.73. The Kier molecular flexibility index (Phi) is 4.42. The van der Waals surface area contributed by atoms with E-state index >= 15 is 0 Å². The first-order valence-electron chi connectivity index (χ1n) is 4.73. The van der Waals surface area contributed by atoms with Gasteiger partial charge in [-0.05, 0) is 6.07 Å². The number of rotatable bonds is 5. The minimum absolute atomic E-state index is 0.237. The normalized spacial score (nSPS) is 12.1. The van der Waals surface area contributed by atoms with Gasteiger partial charge >= 0.3 is 5.97 Å². The molecule has 1 N–H and O–H groups in total. The minimum atomic E-state index is -1.09. The largest absolute Gasteiger partial charge is 0.480 e. The SMILES string of the molecule is CC(CS)C(=O)N(CC(=O)O)c1ccco1. The maximum atomic E-state index is 11.9. The van der Waals surface area contributed by atoms with Gasteiger partial charge in [0, 0.05) is 17.7 Å². The Morgan fingerprint density at radius 1 is 1.62 bits per heavy atom. The zero-order chi connectivity index (χ0) is 12.1. The molecule has 0 saturated carbocycles. The van der Waals surface area contributed by atoms with Gasteiger partial charge < -0.3 is 9.52 Å². The van der Waals surface area contributed by atoms with Crippen LogP contribution in [-0.2, 0) is 9.59 Å². The predicted octanol–water partition coefficient (Wildman–Crippen LogP) is 1.26. The third-order valence-corrected chi connectivity index (χ3v) is 2.57. The molecule has 0 aliphatic carbocycles. The van der Waals surface area contributed by atoms with Crippen molar-refractivity contribution in [2.45, 2.75) is 6.92 Å². The van der Waals surface area contributed by atoms with Crippen LogP contribution in [0.3, 0.4) is 0 Å². The number of amides is 1. The maximum absolute atomic E-state index is 11.9. The fourth-order valence-electron chi connectivity index (χ4n) is 1.17. The molecule has 88 valence electrons. The summed E-state index contributed by atoms with van der Waals surface area (Å²) >= 11 is 4.01. The summed E-state index contributed by atoms with van der Waals surface area (Å²) in [4.78, 5) is 23.6. The van der Waals surface area contributed by atoms with Crippen molar-refractivity contribution in [3.63, 3.8) is 0 Å². The van der Waals surface area contributed by atoms with Gasteiger partial charge in [0.2, 0.25) is 11.8 Å². The molecule has 1 heterocycles. The predicted molar refractivity (Wildman–Crippen MR) is 61.7 cm³/mol. The number of thiol groups is 1. The van der Waals surface area contributed by atoms with Crippen LogP contribution < -0.4 is 4.90 Å². The molecule has 1 aromatic rings. The molecule has 6 heteroatoms. The number of furan rings is 1. The van der Waals surface area contributed by atoms with Crippen molar-refractivity contribution in [2.24, 2.45) is 5.92 Å². The van der Waals surface area contributed by atoms with Gasteiger partial charge in [0.05, 0.1) is 6.26 Å². The molecular formula is C10H13NO4S. The number of hydrogen-bond acceptors (Lipinski definition) is 4. The van der Waals surface area contributed by atoms with Gasteiger partial charge in [0.15, 0.2) is 0 Å². The first-order valence-corrected chi connectivity index (χ1v) is 5.37. The van der Waals surface area contributed by atoms with Crippen LogP contribution >= 0.6 is 12.6 Å². The quantitative estimate of drug-likeness (QED) is 0.764. The Bertz CT molecular complexity index is 363. The Morgan fingerprint density at radius 3 is 2.75 bits per heavy atom. The van der Waals surface area contributed by atoms with E-state index in [1.165, 1.54) is 6.26 Å². The van der Waals surface area contributed by atoms with Crippen molar-refractivity contribution in [2.75, 3.05) is 17.2 Å². The third kappa shape index (κ3) is 3.03. The standard InChI is InChI=1S/C10H13NO4S/c1-7(6-16)10(14)11(5-9(12)13)8-3-2-4-15-8/h2-4,7,16H,5-6H2,1H3,(H,12,13). The molecule has 0 bridgehead atoms. The maximum Gasteiger partial charge on any atom is 0.323 e. The van der Waals surface area contributed by atoms with Crippen molar-refractivity contribution >= 4 is 30.4 Å². The van der Waals surface area contributed by atoms with Crippen LogP contribution in [0.15, 0.2) is 22.8 Å². The van der Waals surface area contributed by atoms with E-state index in [1.54, 1.807) is 19.1 Å². The number of carbonyl (C=O) groups is 2. The van der Waals surface area contributed by atoms with Crippen molar-refractivity contribution in [1.29, 1.82) is 0 Å². The summed E-state index contributed by atoms with van der Waals surface area (Å²) < 4.78 is 5.03. The van der Waals surface area contributed by atoms with Crippen LogP contribution in [0.1, 0.15) is 6.92 Å². The third-order valence-electron chi connectivity index (χ3n) is 2.03. The van der Waals surface area contributed by atoms with Crippen LogP contribution in [0.25, 0.3) is 0 Å². The number of nitrogens with zero attached hydrogens (tertiary/aromatic N) is 1. The second-order valence-corrected chi connectivity index (χ2v) is 3.72. The van der Waals surface area contributed by atoms with Gasteiger partial charge in [-0.15, -0.1) is 0 Å². The van der Waals surface area contributed by atoms with Gasteiger partial charge in [-0.1, -0.05) is 6.92 Å². The van der Waals surface area contributed by atoms with Crippen LogP contribution in [0.2, 0.25) is 0 Å². The molecule has 5 nitrogen and oxygen atoms in total. The molecule has 1 unspecified atom stereocenters. The zero-order valence-corrected chi connectivity index (χ0v) is 9.68. The van der Waals surface area contributed by atoms with Crippen LogP contribution in [-0.4, -0.2) is 29.3 Å². The molecule has 0 spiro atoms. The Balaban J connectivity index is 2.88. The first kappa shape index (κ1) is 12.6. The molecule has 0 fully saturated rings. The van der Waals surface area contributed by atoms with Gasteiger partial charge in [-0.3, -0.25) is 14.5 Å². The van der Waals surface area contributed by atoms with E-state index in [0.717, 1.165) is 4.90 Å².